The van der Waals surface area contributed by atoms with Crippen LogP contribution in [0.3, 0.4) is 0 Å². The first-order valence-electron chi connectivity index (χ1n) is 7.98. The molecule has 2 aromatic heterocycles. The minimum atomic E-state index is -0.250. The lowest BCUT2D eigenvalue weighted by Gasteiger charge is -2.05. The maximum absolute atomic E-state index is 12.3. The summed E-state index contributed by atoms with van der Waals surface area (Å²) in [6, 6.07) is 8.22. The van der Waals surface area contributed by atoms with Gasteiger partial charge in [0.05, 0.1) is 16.8 Å². The summed E-state index contributed by atoms with van der Waals surface area (Å²) < 4.78 is 8.46. The first kappa shape index (κ1) is 17.8. The summed E-state index contributed by atoms with van der Waals surface area (Å²) in [6.45, 7) is 5.41. The van der Waals surface area contributed by atoms with Crippen molar-refractivity contribution in [3.8, 4) is 0 Å². The van der Waals surface area contributed by atoms with Crippen molar-refractivity contribution in [1.29, 1.82) is 0 Å². The van der Waals surface area contributed by atoms with Crippen molar-refractivity contribution in [1.82, 2.24) is 4.57 Å². The smallest absolute Gasteiger partial charge is 0.272 e. The van der Waals surface area contributed by atoms with E-state index in [0.29, 0.717) is 18.0 Å². The highest BCUT2D eigenvalue weighted by molar-refractivity contribution is 7.16. The van der Waals surface area contributed by atoms with Crippen molar-refractivity contribution >= 4 is 44.9 Å². The van der Waals surface area contributed by atoms with E-state index in [0.717, 1.165) is 15.1 Å². The molecule has 1 amide bonds. The van der Waals surface area contributed by atoms with Crippen LogP contribution in [0.1, 0.15) is 16.0 Å². The molecular formula is C19H20N2O2S2. The molecule has 0 saturated heterocycles. The average molecular weight is 373 g/mol. The van der Waals surface area contributed by atoms with Crippen LogP contribution in [-0.2, 0) is 16.1 Å². The van der Waals surface area contributed by atoms with Gasteiger partial charge < -0.3 is 9.30 Å². The quantitative estimate of drug-likeness (QED) is 0.631. The maximum Gasteiger partial charge on any atom is 0.272 e. The fourth-order valence-electron chi connectivity index (χ4n) is 2.67. The zero-order valence-electron chi connectivity index (χ0n) is 14.5. The Balaban J connectivity index is 2.04. The third-order valence-corrected chi connectivity index (χ3v) is 5.84. The number of benzene rings is 1. The fraction of sp³-hybridized carbons (Fsp3) is 0.263. The van der Waals surface area contributed by atoms with Crippen molar-refractivity contribution in [2.45, 2.75) is 20.4 Å². The van der Waals surface area contributed by atoms with Crippen LogP contribution in [-0.4, -0.2) is 24.2 Å². The highest BCUT2D eigenvalue weighted by atomic mass is 32.1. The molecule has 1 aromatic carbocycles. The van der Waals surface area contributed by atoms with Crippen LogP contribution in [0.4, 0.5) is 0 Å². The molecule has 6 heteroatoms. The molecule has 0 saturated carbocycles. The standard InChI is InChI=1S/C19H20N2O2S2/c1-13-11-14(2)18-16(12-13)21(8-9-23-3)19(25-18)20-17(22)7-6-15-5-4-10-24-15/h4-7,10-12H,8-9H2,1-3H3. The topological polar surface area (TPSA) is 43.6 Å². The number of amides is 1. The molecule has 4 nitrogen and oxygen atoms in total. The lowest BCUT2D eigenvalue weighted by atomic mass is 10.1. The van der Waals surface area contributed by atoms with Gasteiger partial charge in [0, 0.05) is 24.6 Å². The number of aryl methyl sites for hydroxylation is 2. The van der Waals surface area contributed by atoms with E-state index in [1.54, 1.807) is 35.9 Å². The number of nitrogens with zero attached hydrogens (tertiary/aromatic N) is 2. The molecule has 0 aliphatic carbocycles. The zero-order chi connectivity index (χ0) is 17.8. The molecule has 0 bridgehead atoms. The first-order valence-corrected chi connectivity index (χ1v) is 9.68. The third-order valence-electron chi connectivity index (χ3n) is 3.77. The molecule has 0 aliphatic rings. The molecule has 2 heterocycles. The van der Waals surface area contributed by atoms with Crippen molar-refractivity contribution < 1.29 is 9.53 Å². The average Bonchev–Trinajstić information content (AvgIpc) is 3.19. The summed E-state index contributed by atoms with van der Waals surface area (Å²) >= 11 is 3.14. The Bertz CT molecular complexity index is 979. The molecular weight excluding hydrogens is 352 g/mol. The Morgan fingerprint density at radius 1 is 1.36 bits per heavy atom. The van der Waals surface area contributed by atoms with E-state index in [1.165, 1.54) is 17.2 Å². The Kier molecular flexibility index (Phi) is 5.63. The van der Waals surface area contributed by atoms with Crippen molar-refractivity contribution in [3.63, 3.8) is 0 Å². The van der Waals surface area contributed by atoms with Crippen LogP contribution in [0.2, 0.25) is 0 Å². The molecule has 130 valence electrons. The molecule has 0 N–H and O–H groups in total. The van der Waals surface area contributed by atoms with Gasteiger partial charge in [-0.2, -0.15) is 4.99 Å². The number of methoxy groups -OCH3 is 1. The predicted molar refractivity (Wildman–Crippen MR) is 105 cm³/mol. The molecule has 0 radical (unpaired) electrons. The van der Waals surface area contributed by atoms with Crippen LogP contribution in [0.15, 0.2) is 40.7 Å². The number of carbonyl (C=O) groups excluding carboxylic acids is 1. The van der Waals surface area contributed by atoms with Crippen LogP contribution in [0.25, 0.3) is 16.3 Å². The Labute approximate surface area is 154 Å². The Hall–Kier alpha value is -2.02. The van der Waals surface area contributed by atoms with E-state index in [2.05, 4.69) is 35.5 Å². The van der Waals surface area contributed by atoms with Gasteiger partial charge >= 0.3 is 0 Å². The van der Waals surface area contributed by atoms with E-state index in [4.69, 9.17) is 4.74 Å². The molecule has 0 spiro atoms. The SMILES string of the molecule is COCCn1c(=NC(=O)C=Cc2cccs2)sc2c(C)cc(C)cc21. The number of hydrogen-bond donors (Lipinski definition) is 0. The van der Waals surface area contributed by atoms with Gasteiger partial charge in [0.1, 0.15) is 0 Å². The zero-order valence-corrected chi connectivity index (χ0v) is 16.1. The minimum Gasteiger partial charge on any atom is -0.383 e. The number of fused-ring (bicyclic) bond motifs is 1. The molecule has 0 fully saturated rings. The number of hydrogen-bond acceptors (Lipinski definition) is 4. The van der Waals surface area contributed by atoms with Crippen LogP contribution in [0.5, 0.6) is 0 Å². The van der Waals surface area contributed by atoms with Crippen LogP contribution < -0.4 is 4.80 Å². The summed E-state index contributed by atoms with van der Waals surface area (Å²) in [5.41, 5.74) is 3.51. The van der Waals surface area contributed by atoms with E-state index in [1.807, 2.05) is 17.5 Å². The second-order valence-electron chi connectivity index (χ2n) is 5.76. The summed E-state index contributed by atoms with van der Waals surface area (Å²) in [7, 11) is 1.68. The monoisotopic (exact) mass is 372 g/mol. The fourth-order valence-corrected chi connectivity index (χ4v) is 4.40. The molecule has 0 aliphatic heterocycles. The molecule has 0 atom stereocenters. The van der Waals surface area contributed by atoms with Gasteiger partial charge in [0.2, 0.25) is 0 Å². The predicted octanol–water partition coefficient (Wildman–Crippen LogP) is 4.17. The van der Waals surface area contributed by atoms with E-state index in [9.17, 15) is 4.79 Å². The number of thiazole rings is 1. The largest absolute Gasteiger partial charge is 0.383 e. The first-order chi connectivity index (χ1) is 12.1. The van der Waals surface area contributed by atoms with E-state index < -0.39 is 0 Å². The number of thiophene rings is 1. The molecule has 0 unspecified atom stereocenters. The van der Waals surface area contributed by atoms with E-state index in [-0.39, 0.29) is 5.91 Å². The van der Waals surface area contributed by atoms with Gasteiger partial charge in [0.15, 0.2) is 4.80 Å². The van der Waals surface area contributed by atoms with Gasteiger partial charge in [0.25, 0.3) is 5.91 Å². The summed E-state index contributed by atoms with van der Waals surface area (Å²) in [4.78, 5) is 18.3. The molecule has 25 heavy (non-hydrogen) atoms. The van der Waals surface area contributed by atoms with Gasteiger partial charge in [-0.25, -0.2) is 0 Å². The lowest BCUT2D eigenvalue weighted by molar-refractivity contribution is -0.113. The summed E-state index contributed by atoms with van der Waals surface area (Å²) in [5, 5.41) is 1.98. The Morgan fingerprint density at radius 3 is 2.92 bits per heavy atom. The van der Waals surface area contributed by atoms with Gasteiger partial charge in [-0.15, -0.1) is 11.3 Å². The highest BCUT2D eigenvalue weighted by Crippen LogP contribution is 2.23. The molecule has 3 aromatic rings. The normalized spacial score (nSPS) is 12.5. The third kappa shape index (κ3) is 4.15. The van der Waals surface area contributed by atoms with Crippen molar-refractivity contribution in [2.75, 3.05) is 13.7 Å². The maximum atomic E-state index is 12.3. The van der Waals surface area contributed by atoms with Gasteiger partial charge in [-0.3, -0.25) is 4.79 Å². The van der Waals surface area contributed by atoms with Crippen molar-refractivity contribution in [2.24, 2.45) is 4.99 Å². The lowest BCUT2D eigenvalue weighted by Crippen LogP contribution is -2.19. The van der Waals surface area contributed by atoms with Crippen LogP contribution in [0, 0.1) is 13.8 Å². The van der Waals surface area contributed by atoms with Gasteiger partial charge in [-0.1, -0.05) is 23.5 Å². The summed E-state index contributed by atoms with van der Waals surface area (Å²) in [5.74, 6) is -0.250. The second-order valence-corrected chi connectivity index (χ2v) is 7.71. The summed E-state index contributed by atoms with van der Waals surface area (Å²) in [6.07, 6.45) is 3.33. The van der Waals surface area contributed by atoms with Gasteiger partial charge in [-0.05, 0) is 48.6 Å². The minimum absolute atomic E-state index is 0.250. The van der Waals surface area contributed by atoms with Crippen LogP contribution >= 0.6 is 22.7 Å². The Morgan fingerprint density at radius 2 is 2.20 bits per heavy atom. The second kappa shape index (κ2) is 7.91. The number of aromatic nitrogens is 1. The number of rotatable bonds is 5. The van der Waals surface area contributed by atoms with E-state index >= 15 is 0 Å². The number of carbonyl (C=O) groups is 1. The van der Waals surface area contributed by atoms with Crippen molar-refractivity contribution in [3.05, 3.63) is 56.5 Å². The highest BCUT2D eigenvalue weighted by Gasteiger charge is 2.10. The molecule has 3 rings (SSSR count). The number of ether oxygens (including phenoxy) is 1.